The largest absolute Gasteiger partial charge is 0.496 e. The summed E-state index contributed by atoms with van der Waals surface area (Å²) in [5.74, 6) is 7.03. The number of amides is 1. The average molecular weight is 877 g/mol. The molecule has 0 saturated carbocycles. The molecule has 2 aliphatic rings. The van der Waals surface area contributed by atoms with Gasteiger partial charge in [0.1, 0.15) is 28.9 Å². The van der Waals surface area contributed by atoms with E-state index < -0.39 is 12.1 Å². The van der Waals surface area contributed by atoms with Crippen molar-refractivity contribution in [3.63, 3.8) is 0 Å². The van der Waals surface area contributed by atoms with Crippen LogP contribution in [-0.4, -0.2) is 130 Å². The number of nitrogens with two attached hydrogens (primary N) is 2. The Morgan fingerprint density at radius 1 is 0.952 bits per heavy atom. The van der Waals surface area contributed by atoms with Crippen molar-refractivity contribution in [1.82, 2.24) is 49.8 Å². The first-order valence-electron chi connectivity index (χ1n) is 20.0. The molecular weight excluding hydrogens is 830 g/mol. The highest BCUT2D eigenvalue weighted by atomic mass is 35.5. The molecule has 5 aromatic rings. The summed E-state index contributed by atoms with van der Waals surface area (Å²) in [6, 6.07) is 0. The number of nitrogen functional groups attached to an aromatic ring is 2. The minimum absolute atomic E-state index is 0.0154. The fraction of sp³-hybridized carbons (Fsp3) is 0.475. The number of ether oxygens (including phenoxy) is 4. The highest BCUT2D eigenvalue weighted by Crippen LogP contribution is 2.32. The molecule has 5 aromatic heterocycles. The number of carbonyl (C=O) groups is 1. The molecule has 1 amide bonds. The third kappa shape index (κ3) is 10.3. The number of anilines is 4. The van der Waals surface area contributed by atoms with E-state index in [1.165, 1.54) is 6.20 Å². The first-order chi connectivity index (χ1) is 30.0. The smallest absolute Gasteiger partial charge is 0.281 e. The molecule has 0 unspecified atom stereocenters. The number of hydrogen-bond donors (Lipinski definition) is 3. The van der Waals surface area contributed by atoms with Crippen molar-refractivity contribution in [3.8, 4) is 29.0 Å². The summed E-state index contributed by atoms with van der Waals surface area (Å²) in [6.07, 6.45) is 2.97. The van der Waals surface area contributed by atoms with Gasteiger partial charge in [-0.15, -0.1) is 0 Å². The second-order valence-electron chi connectivity index (χ2n) is 14.5. The maximum Gasteiger partial charge on any atom is 0.281 e. The fourth-order valence-corrected chi connectivity index (χ4v) is 7.51. The summed E-state index contributed by atoms with van der Waals surface area (Å²) in [4.78, 5) is 51.5. The van der Waals surface area contributed by atoms with E-state index in [1.807, 2.05) is 34.4 Å². The minimum atomic E-state index is -2.92. The molecule has 0 bridgehead atoms. The number of morpholine rings is 1. The zero-order valence-electron chi connectivity index (χ0n) is 34.5. The molecule has 0 atom stereocenters. The van der Waals surface area contributed by atoms with Crippen LogP contribution < -0.4 is 31.3 Å². The van der Waals surface area contributed by atoms with Gasteiger partial charge in [0, 0.05) is 68.4 Å². The first kappa shape index (κ1) is 44.0. The molecule has 22 heteroatoms. The van der Waals surface area contributed by atoms with E-state index in [-0.39, 0.29) is 46.9 Å². The predicted octanol–water partition coefficient (Wildman–Crippen LogP) is 3.15. The van der Waals surface area contributed by atoms with Crippen LogP contribution in [0.1, 0.15) is 47.3 Å². The Morgan fingerprint density at radius 3 is 2.40 bits per heavy atom. The lowest BCUT2D eigenvalue weighted by atomic mass is 9.96. The van der Waals surface area contributed by atoms with E-state index in [0.29, 0.717) is 114 Å². The normalized spacial score (nSPS) is 14.6. The van der Waals surface area contributed by atoms with Gasteiger partial charge in [0.25, 0.3) is 6.43 Å². The molecule has 2 fully saturated rings. The van der Waals surface area contributed by atoms with E-state index in [4.69, 9.17) is 42.0 Å². The van der Waals surface area contributed by atoms with Crippen LogP contribution >= 0.6 is 11.6 Å². The zero-order valence-corrected chi connectivity index (χ0v) is 35.3. The van der Waals surface area contributed by atoms with Crippen LogP contribution in [-0.2, 0) is 25.5 Å². The van der Waals surface area contributed by atoms with Gasteiger partial charge in [-0.25, -0.2) is 23.7 Å². The van der Waals surface area contributed by atoms with E-state index >= 15 is 0 Å². The minimum Gasteiger partial charge on any atom is -0.496 e. The number of aromatic nitrogens is 9. The quantitative estimate of drug-likeness (QED) is 0.0779. The molecule has 0 radical (unpaired) electrons. The average Bonchev–Trinajstić information content (AvgIpc) is 3.62. The van der Waals surface area contributed by atoms with E-state index in [9.17, 15) is 13.6 Å². The number of nitrogens with zero attached hydrogens (tertiary/aromatic N) is 11. The molecule has 328 valence electrons. The summed E-state index contributed by atoms with van der Waals surface area (Å²) in [5, 5.41) is 3.72. The maximum absolute atomic E-state index is 14.0. The molecule has 0 aliphatic carbocycles. The monoisotopic (exact) mass is 876 g/mol. The third-order valence-corrected chi connectivity index (χ3v) is 10.7. The number of halogens is 3. The Balaban J connectivity index is 0.860. The number of carbonyl (C=O) groups excluding carboxylic acids is 1. The lowest BCUT2D eigenvalue weighted by Crippen LogP contribution is -2.42. The van der Waals surface area contributed by atoms with Crippen LogP contribution in [0.15, 0.2) is 18.6 Å². The van der Waals surface area contributed by atoms with Crippen LogP contribution in [0.3, 0.4) is 0 Å². The van der Waals surface area contributed by atoms with Crippen LogP contribution in [0.25, 0.3) is 22.4 Å². The van der Waals surface area contributed by atoms with Gasteiger partial charge >= 0.3 is 0 Å². The Kier molecular flexibility index (Phi) is 14.3. The topological polar surface area (TPSA) is 233 Å². The van der Waals surface area contributed by atoms with Gasteiger partial charge in [0.2, 0.25) is 29.7 Å². The van der Waals surface area contributed by atoms with Gasteiger partial charge in [-0.3, -0.25) is 9.78 Å². The molecule has 62 heavy (non-hydrogen) atoms. The number of pyridine rings is 1. The standard InChI is InChI=1S/C40H47ClF2N14O5/c1-23-19-47-28(24(2)31(23)59-3)22-57-21-26(29-32(41)50-38(45)53-35(29)57)5-4-13-60-17-18-61-14-8-46-36(58)25-6-9-55(10-7-25)39-51-34(27-20-48-37(44)49-30(27)33(42)43)52-40(54-39)56-11-15-62-16-12-56/h19-21,25,33H,6-18,22H2,1-3H3,(H,46,58)(H2,44,48,49)(H2,45,50,53). The van der Waals surface area contributed by atoms with E-state index in [0.717, 1.165) is 22.6 Å². The molecule has 5 N–H and O–H groups in total. The van der Waals surface area contributed by atoms with Gasteiger partial charge in [-0.2, -0.15) is 19.9 Å². The number of fused-ring (bicyclic) bond motifs is 1. The molecule has 0 spiro atoms. The number of rotatable bonds is 15. The Morgan fingerprint density at radius 2 is 1.68 bits per heavy atom. The second-order valence-corrected chi connectivity index (χ2v) is 14.9. The number of aryl methyl sites for hydroxylation is 1. The summed E-state index contributed by atoms with van der Waals surface area (Å²) in [6.45, 7) is 8.61. The Bertz CT molecular complexity index is 2450. The van der Waals surface area contributed by atoms with Crippen LogP contribution in [0.2, 0.25) is 5.15 Å². The molecule has 19 nitrogen and oxygen atoms in total. The van der Waals surface area contributed by atoms with Crippen molar-refractivity contribution < 1.29 is 32.5 Å². The van der Waals surface area contributed by atoms with Gasteiger partial charge in [0.05, 0.1) is 68.9 Å². The molecule has 2 saturated heterocycles. The molecular formula is C40H47ClF2N14O5. The molecule has 0 aromatic carbocycles. The van der Waals surface area contributed by atoms with Gasteiger partial charge in [0.15, 0.2) is 5.82 Å². The summed E-state index contributed by atoms with van der Waals surface area (Å²) >= 11 is 6.51. The van der Waals surface area contributed by atoms with Crippen molar-refractivity contribution in [3.05, 3.63) is 51.8 Å². The molecule has 7 rings (SSSR count). The number of nitrogens with one attached hydrogen (secondary N) is 1. The highest BCUT2D eigenvalue weighted by molar-refractivity contribution is 6.34. The number of methoxy groups -OCH3 is 1. The summed E-state index contributed by atoms with van der Waals surface area (Å²) in [5.41, 5.74) is 14.8. The fourth-order valence-electron chi connectivity index (χ4n) is 7.24. The number of piperidine rings is 1. The highest BCUT2D eigenvalue weighted by Gasteiger charge is 2.29. The lowest BCUT2D eigenvalue weighted by molar-refractivity contribution is -0.125. The summed E-state index contributed by atoms with van der Waals surface area (Å²) in [7, 11) is 1.63. The first-order valence-corrected chi connectivity index (χ1v) is 20.4. The molecule has 2 aliphatic heterocycles. The van der Waals surface area contributed by atoms with Crippen molar-refractivity contribution in [2.45, 2.75) is 39.7 Å². The van der Waals surface area contributed by atoms with Gasteiger partial charge < -0.3 is 50.1 Å². The van der Waals surface area contributed by atoms with Gasteiger partial charge in [-0.1, -0.05) is 23.4 Å². The van der Waals surface area contributed by atoms with Crippen LogP contribution in [0, 0.1) is 31.6 Å². The Labute approximate surface area is 360 Å². The SMILES string of the molecule is COc1c(C)cnc(Cn2cc(C#CCOCCOCCNC(=O)C3CCN(c4nc(-c5cnc(N)nc5C(F)F)nc(N5CCOCC5)n4)CC3)c3c(Cl)nc(N)nc32)c1C. The van der Waals surface area contributed by atoms with Crippen molar-refractivity contribution in [2.24, 2.45) is 5.92 Å². The zero-order chi connectivity index (χ0) is 43.8. The lowest BCUT2D eigenvalue weighted by Gasteiger charge is -2.32. The maximum atomic E-state index is 14.0. The van der Waals surface area contributed by atoms with E-state index in [2.05, 4.69) is 57.0 Å². The van der Waals surface area contributed by atoms with Crippen molar-refractivity contribution in [1.29, 1.82) is 0 Å². The van der Waals surface area contributed by atoms with Crippen molar-refractivity contribution in [2.75, 3.05) is 101 Å². The van der Waals surface area contributed by atoms with E-state index in [1.54, 1.807) is 13.3 Å². The number of hydrogen-bond acceptors (Lipinski definition) is 17. The predicted molar refractivity (Wildman–Crippen MR) is 226 cm³/mol. The Hall–Kier alpha value is -6.08. The summed E-state index contributed by atoms with van der Waals surface area (Å²) < 4.78 is 52.2. The van der Waals surface area contributed by atoms with Crippen molar-refractivity contribution >= 4 is 52.3 Å². The third-order valence-electron chi connectivity index (χ3n) is 10.4. The molecule has 7 heterocycles. The number of alkyl halides is 2. The van der Waals surface area contributed by atoms with Crippen LogP contribution in [0.5, 0.6) is 5.75 Å². The van der Waals surface area contributed by atoms with Gasteiger partial charge in [-0.05, 0) is 26.7 Å². The van der Waals surface area contributed by atoms with Crippen LogP contribution in [0.4, 0.5) is 32.6 Å². The second kappa shape index (κ2) is 20.2.